The molecule has 6 nitrogen and oxygen atoms in total. The molecule has 2 aromatic carbocycles. The lowest BCUT2D eigenvalue weighted by molar-refractivity contribution is 0.101. The Bertz CT molecular complexity index is 873. The molecule has 0 amide bonds. The molecule has 1 heterocycles. The minimum absolute atomic E-state index is 0.0156. The number of aryl methyl sites for hydroxylation is 1. The number of aliphatic hydroxyl groups excluding tert-OH is 1. The van der Waals surface area contributed by atoms with Crippen LogP contribution in [-0.4, -0.2) is 25.7 Å². The predicted molar refractivity (Wildman–Crippen MR) is 97.0 cm³/mol. The minimum atomic E-state index is -0.877. The van der Waals surface area contributed by atoms with Crippen molar-refractivity contribution in [3.8, 4) is 5.75 Å². The van der Waals surface area contributed by atoms with Gasteiger partial charge in [0.2, 0.25) is 0 Å². The second-order valence-electron chi connectivity index (χ2n) is 5.88. The van der Waals surface area contributed by atoms with Gasteiger partial charge >= 0.3 is 0 Å². The number of benzene rings is 2. The van der Waals surface area contributed by atoms with Crippen LogP contribution in [0.3, 0.4) is 0 Å². The molecule has 3 aromatic rings. The van der Waals surface area contributed by atoms with Crippen LogP contribution in [0.1, 0.15) is 47.5 Å². The van der Waals surface area contributed by atoms with Crippen molar-refractivity contribution < 1.29 is 14.6 Å². The smallest absolute Gasteiger partial charge is 0.184 e. The molecule has 134 valence electrons. The van der Waals surface area contributed by atoms with Crippen LogP contribution in [0.25, 0.3) is 0 Å². The summed E-state index contributed by atoms with van der Waals surface area (Å²) in [5.41, 5.74) is 1.38. The number of carbonyl (C=O) groups excluding carboxylic acids is 1. The predicted octanol–water partition coefficient (Wildman–Crippen LogP) is 3.16. The van der Waals surface area contributed by atoms with Gasteiger partial charge in [-0.1, -0.05) is 30.3 Å². The van der Waals surface area contributed by atoms with Crippen LogP contribution >= 0.6 is 0 Å². The molecule has 0 aliphatic carbocycles. The third-order valence-electron chi connectivity index (χ3n) is 4.05. The molecule has 1 aromatic heterocycles. The first-order chi connectivity index (χ1) is 12.6. The summed E-state index contributed by atoms with van der Waals surface area (Å²) in [6, 6.07) is 16.3. The van der Waals surface area contributed by atoms with Crippen molar-refractivity contribution in [1.29, 1.82) is 0 Å². The fourth-order valence-electron chi connectivity index (χ4n) is 2.59. The van der Waals surface area contributed by atoms with Gasteiger partial charge in [0.05, 0.1) is 0 Å². The molecule has 0 unspecified atom stereocenters. The maximum atomic E-state index is 11.3. The van der Waals surface area contributed by atoms with E-state index in [1.807, 2.05) is 37.3 Å². The number of nitrogens with zero attached hydrogens (tertiary/aromatic N) is 3. The summed E-state index contributed by atoms with van der Waals surface area (Å²) in [6.07, 6.45) is -0.877. The van der Waals surface area contributed by atoms with E-state index in [9.17, 15) is 9.90 Å². The Morgan fingerprint density at radius 2 is 1.85 bits per heavy atom. The molecule has 0 saturated carbocycles. The number of hydrogen-bond donors (Lipinski definition) is 1. The lowest BCUT2D eigenvalue weighted by Gasteiger charge is -2.06. The highest BCUT2D eigenvalue weighted by molar-refractivity contribution is 5.94. The fraction of sp³-hybridized carbons (Fsp3) is 0.250. The van der Waals surface area contributed by atoms with Gasteiger partial charge in [-0.15, -0.1) is 0 Å². The van der Waals surface area contributed by atoms with E-state index in [1.54, 1.807) is 28.9 Å². The largest absolute Gasteiger partial charge is 0.486 e. The Hall–Kier alpha value is -2.99. The summed E-state index contributed by atoms with van der Waals surface area (Å²) < 4.78 is 7.47. The van der Waals surface area contributed by atoms with Crippen LogP contribution in [-0.2, 0) is 13.2 Å². The van der Waals surface area contributed by atoms with Crippen LogP contribution in [0.4, 0.5) is 0 Å². The number of hydrogen-bond acceptors (Lipinski definition) is 5. The van der Waals surface area contributed by atoms with Crippen molar-refractivity contribution in [3.63, 3.8) is 0 Å². The number of ketones is 1. The number of Topliss-reactive ketones (excluding diaryl/α,β-unsaturated/α-hetero) is 1. The minimum Gasteiger partial charge on any atom is -0.486 e. The summed E-state index contributed by atoms with van der Waals surface area (Å²) in [4.78, 5) is 15.8. The molecule has 0 aliphatic heterocycles. The fourth-order valence-corrected chi connectivity index (χ4v) is 2.59. The van der Waals surface area contributed by atoms with Crippen LogP contribution in [0.15, 0.2) is 54.6 Å². The molecular formula is C20H21N3O3. The first-order valence-electron chi connectivity index (χ1n) is 8.49. The Morgan fingerprint density at radius 3 is 2.46 bits per heavy atom. The van der Waals surface area contributed by atoms with Gasteiger partial charge in [-0.05, 0) is 43.7 Å². The zero-order valence-electron chi connectivity index (χ0n) is 14.8. The van der Waals surface area contributed by atoms with Gasteiger partial charge in [0.25, 0.3) is 0 Å². The molecular weight excluding hydrogens is 330 g/mol. The standard InChI is InChI=1S/C20H21N3O3/c1-3-23-18(13-26-17-11-9-15(10-12-17)14(2)24)21-20(22-23)19(25)16-7-5-4-6-8-16/h4-12,19,25H,3,13H2,1-2H3/t19-/m1/s1. The first-order valence-corrected chi connectivity index (χ1v) is 8.49. The van der Waals surface area contributed by atoms with Gasteiger partial charge in [0.15, 0.2) is 17.4 Å². The van der Waals surface area contributed by atoms with Crippen LogP contribution < -0.4 is 4.74 Å². The monoisotopic (exact) mass is 351 g/mol. The molecule has 0 fully saturated rings. The molecule has 1 atom stereocenters. The number of aliphatic hydroxyl groups is 1. The van der Waals surface area contributed by atoms with E-state index >= 15 is 0 Å². The van der Waals surface area contributed by atoms with Crippen molar-refractivity contribution >= 4 is 5.78 Å². The molecule has 26 heavy (non-hydrogen) atoms. The lowest BCUT2D eigenvalue weighted by Crippen LogP contribution is -2.07. The van der Waals surface area contributed by atoms with E-state index in [2.05, 4.69) is 10.1 Å². The summed E-state index contributed by atoms with van der Waals surface area (Å²) >= 11 is 0. The Balaban J connectivity index is 1.73. The topological polar surface area (TPSA) is 77.2 Å². The SMILES string of the molecule is CCn1nc([C@H](O)c2ccccc2)nc1COc1ccc(C(C)=O)cc1. The van der Waals surface area contributed by atoms with Crippen LogP contribution in [0.2, 0.25) is 0 Å². The van der Waals surface area contributed by atoms with E-state index < -0.39 is 6.10 Å². The number of aromatic nitrogens is 3. The molecule has 6 heteroatoms. The zero-order valence-corrected chi connectivity index (χ0v) is 14.8. The van der Waals surface area contributed by atoms with E-state index in [4.69, 9.17) is 4.74 Å². The summed E-state index contributed by atoms with van der Waals surface area (Å²) in [5.74, 6) is 1.64. The maximum absolute atomic E-state index is 11.3. The van der Waals surface area contributed by atoms with Gasteiger partial charge in [0, 0.05) is 12.1 Å². The van der Waals surface area contributed by atoms with Crippen molar-refractivity contribution in [2.75, 3.05) is 0 Å². The number of carbonyl (C=O) groups is 1. The van der Waals surface area contributed by atoms with Gasteiger partial charge in [-0.25, -0.2) is 9.67 Å². The Kier molecular flexibility index (Phi) is 5.43. The molecule has 0 bridgehead atoms. The zero-order chi connectivity index (χ0) is 18.5. The third-order valence-corrected chi connectivity index (χ3v) is 4.05. The quantitative estimate of drug-likeness (QED) is 0.662. The maximum Gasteiger partial charge on any atom is 0.184 e. The van der Waals surface area contributed by atoms with Crippen LogP contribution in [0.5, 0.6) is 5.75 Å². The Morgan fingerprint density at radius 1 is 1.15 bits per heavy atom. The summed E-state index contributed by atoms with van der Waals surface area (Å²) in [6.45, 7) is 4.33. The highest BCUT2D eigenvalue weighted by Gasteiger charge is 2.18. The lowest BCUT2D eigenvalue weighted by atomic mass is 10.1. The number of rotatable bonds is 7. The van der Waals surface area contributed by atoms with Gasteiger partial charge in [-0.2, -0.15) is 5.10 Å². The van der Waals surface area contributed by atoms with E-state index in [0.29, 0.717) is 29.5 Å². The second kappa shape index (κ2) is 7.93. The molecule has 1 N–H and O–H groups in total. The normalized spacial score (nSPS) is 12.0. The molecule has 0 radical (unpaired) electrons. The highest BCUT2D eigenvalue weighted by atomic mass is 16.5. The van der Waals surface area contributed by atoms with Crippen molar-refractivity contribution in [3.05, 3.63) is 77.4 Å². The molecule has 3 rings (SSSR count). The average Bonchev–Trinajstić information content (AvgIpc) is 3.10. The van der Waals surface area contributed by atoms with Crippen molar-refractivity contribution in [1.82, 2.24) is 14.8 Å². The second-order valence-corrected chi connectivity index (χ2v) is 5.88. The van der Waals surface area contributed by atoms with E-state index in [1.165, 1.54) is 6.92 Å². The summed E-state index contributed by atoms with van der Waals surface area (Å²) in [5, 5.41) is 14.9. The molecule has 0 saturated heterocycles. The van der Waals surface area contributed by atoms with Gasteiger partial charge in [0.1, 0.15) is 18.5 Å². The molecule has 0 aliphatic rings. The highest BCUT2D eigenvalue weighted by Crippen LogP contribution is 2.20. The molecule has 0 spiro atoms. The van der Waals surface area contributed by atoms with Crippen molar-refractivity contribution in [2.24, 2.45) is 0 Å². The summed E-state index contributed by atoms with van der Waals surface area (Å²) in [7, 11) is 0. The first kappa shape index (κ1) is 17.8. The van der Waals surface area contributed by atoms with Crippen LogP contribution in [0, 0.1) is 0 Å². The average molecular weight is 351 g/mol. The van der Waals surface area contributed by atoms with Crippen molar-refractivity contribution in [2.45, 2.75) is 33.1 Å². The van der Waals surface area contributed by atoms with E-state index in [0.717, 1.165) is 5.56 Å². The Labute approximate surface area is 152 Å². The van der Waals surface area contributed by atoms with E-state index in [-0.39, 0.29) is 12.4 Å². The van der Waals surface area contributed by atoms with Gasteiger partial charge in [-0.3, -0.25) is 4.79 Å². The number of ether oxygens (including phenoxy) is 1. The van der Waals surface area contributed by atoms with Gasteiger partial charge < -0.3 is 9.84 Å². The third kappa shape index (κ3) is 3.97.